The van der Waals surface area contributed by atoms with Crippen molar-refractivity contribution in [3.8, 4) is 0 Å². The molecule has 1 amide bonds. The maximum atomic E-state index is 12.3. The second-order valence-electron chi connectivity index (χ2n) is 4.46. The number of aromatic nitrogens is 2. The van der Waals surface area contributed by atoms with Gasteiger partial charge in [-0.3, -0.25) is 9.48 Å². The summed E-state index contributed by atoms with van der Waals surface area (Å²) in [6.45, 7) is 2.51. The first-order chi connectivity index (χ1) is 9.47. The molecular weight excluding hydrogens is 311 g/mol. The maximum Gasteiger partial charge on any atom is 0.435 e. The predicted octanol–water partition coefficient (Wildman–Crippen LogP) is 0.00130. The molecule has 0 aliphatic carbocycles. The van der Waals surface area contributed by atoms with Crippen molar-refractivity contribution in [3.05, 3.63) is 18.0 Å². The number of alkyl halides is 3. The molecule has 1 fully saturated rings. The minimum atomic E-state index is -4.44. The monoisotopic (exact) mass is 327 g/mol. The summed E-state index contributed by atoms with van der Waals surface area (Å²) in [5.41, 5.74) is -0.929. The second-order valence-corrected chi connectivity index (χ2v) is 4.46. The zero-order valence-corrected chi connectivity index (χ0v) is 11.9. The highest BCUT2D eigenvalue weighted by molar-refractivity contribution is 5.85. The van der Waals surface area contributed by atoms with Crippen LogP contribution in [-0.4, -0.2) is 47.9 Å². The lowest BCUT2D eigenvalue weighted by Crippen LogP contribution is -2.55. The third-order valence-corrected chi connectivity index (χ3v) is 2.93. The molecule has 10 heteroatoms. The zero-order chi connectivity index (χ0) is 14.6. The molecule has 2 rings (SSSR count). The molecule has 2 heterocycles. The van der Waals surface area contributed by atoms with E-state index in [1.54, 1.807) is 0 Å². The molecule has 1 aliphatic rings. The summed E-state index contributed by atoms with van der Waals surface area (Å²) in [6.07, 6.45) is -3.19. The van der Waals surface area contributed by atoms with E-state index in [-0.39, 0.29) is 37.4 Å². The van der Waals surface area contributed by atoms with Crippen LogP contribution >= 0.6 is 12.4 Å². The molecule has 1 aromatic heterocycles. The van der Waals surface area contributed by atoms with E-state index in [1.165, 1.54) is 6.20 Å². The number of carbonyl (C=O) groups excluding carboxylic acids is 1. The Balaban J connectivity index is 0.00000220. The van der Waals surface area contributed by atoms with Gasteiger partial charge in [0.25, 0.3) is 0 Å². The Morgan fingerprint density at radius 1 is 1.48 bits per heavy atom. The molecule has 3 N–H and O–H groups in total. The minimum Gasteiger partial charge on any atom is -0.353 e. The van der Waals surface area contributed by atoms with E-state index in [9.17, 15) is 18.0 Å². The number of hydrogen-bond acceptors (Lipinski definition) is 4. The number of rotatable bonds is 4. The number of halogens is 4. The van der Waals surface area contributed by atoms with Crippen LogP contribution in [0.15, 0.2) is 12.3 Å². The molecule has 120 valence electrons. The quantitative estimate of drug-likeness (QED) is 0.728. The number of nitrogens with zero attached hydrogens (tertiary/aromatic N) is 2. The van der Waals surface area contributed by atoms with Gasteiger partial charge in [0, 0.05) is 32.4 Å². The number of nitrogens with one attached hydrogen (secondary N) is 3. The highest BCUT2D eigenvalue weighted by atomic mass is 35.5. The van der Waals surface area contributed by atoms with Gasteiger partial charge in [0.05, 0.1) is 12.6 Å². The maximum absolute atomic E-state index is 12.3. The van der Waals surface area contributed by atoms with Gasteiger partial charge in [0.2, 0.25) is 5.91 Å². The van der Waals surface area contributed by atoms with Crippen molar-refractivity contribution in [1.29, 1.82) is 0 Å². The van der Waals surface area contributed by atoms with Gasteiger partial charge >= 0.3 is 6.18 Å². The Hall–Kier alpha value is -1.32. The molecule has 0 spiro atoms. The zero-order valence-electron chi connectivity index (χ0n) is 11.1. The molecule has 0 saturated carbocycles. The summed E-state index contributed by atoms with van der Waals surface area (Å²) < 4.78 is 38.2. The Morgan fingerprint density at radius 3 is 2.81 bits per heavy atom. The van der Waals surface area contributed by atoms with Crippen molar-refractivity contribution in [3.63, 3.8) is 0 Å². The van der Waals surface area contributed by atoms with E-state index in [2.05, 4.69) is 21.0 Å². The van der Waals surface area contributed by atoms with E-state index in [0.29, 0.717) is 13.1 Å². The van der Waals surface area contributed by atoms with Crippen molar-refractivity contribution in [2.24, 2.45) is 0 Å². The van der Waals surface area contributed by atoms with Gasteiger partial charge in [0.15, 0.2) is 5.69 Å². The fourth-order valence-electron chi connectivity index (χ4n) is 1.89. The summed E-state index contributed by atoms with van der Waals surface area (Å²) in [7, 11) is 0. The Morgan fingerprint density at radius 2 is 2.24 bits per heavy atom. The fraction of sp³-hybridized carbons (Fsp3) is 0.636. The average molecular weight is 328 g/mol. The van der Waals surface area contributed by atoms with Crippen LogP contribution in [0.4, 0.5) is 13.2 Å². The van der Waals surface area contributed by atoms with Crippen molar-refractivity contribution < 1.29 is 18.0 Å². The van der Waals surface area contributed by atoms with Crippen LogP contribution in [0, 0.1) is 0 Å². The fourth-order valence-corrected chi connectivity index (χ4v) is 1.89. The highest BCUT2D eigenvalue weighted by Crippen LogP contribution is 2.27. The highest BCUT2D eigenvalue weighted by Gasteiger charge is 2.33. The lowest BCUT2D eigenvalue weighted by molar-refractivity contribution is -0.141. The second kappa shape index (κ2) is 7.62. The molecule has 0 radical (unpaired) electrons. The van der Waals surface area contributed by atoms with Crippen LogP contribution in [-0.2, 0) is 17.5 Å². The van der Waals surface area contributed by atoms with Crippen LogP contribution in [0.3, 0.4) is 0 Å². The van der Waals surface area contributed by atoms with E-state index in [4.69, 9.17) is 0 Å². The van der Waals surface area contributed by atoms with Gasteiger partial charge in [-0.2, -0.15) is 18.3 Å². The minimum absolute atomic E-state index is 0. The predicted molar refractivity (Wildman–Crippen MR) is 72.1 cm³/mol. The first kappa shape index (κ1) is 17.7. The Bertz CT molecular complexity index is 459. The normalized spacial score (nSPS) is 18.9. The Kier molecular flexibility index (Phi) is 6.43. The molecule has 1 unspecified atom stereocenters. The summed E-state index contributed by atoms with van der Waals surface area (Å²) in [5.74, 6) is -0.166. The largest absolute Gasteiger partial charge is 0.435 e. The Labute approximate surface area is 125 Å². The van der Waals surface area contributed by atoms with Gasteiger partial charge in [-0.05, 0) is 6.07 Å². The van der Waals surface area contributed by atoms with Crippen molar-refractivity contribution in [2.75, 3.05) is 26.2 Å². The molecule has 6 nitrogen and oxygen atoms in total. The number of piperazine rings is 1. The molecule has 0 bridgehead atoms. The van der Waals surface area contributed by atoms with Crippen LogP contribution < -0.4 is 16.0 Å². The van der Waals surface area contributed by atoms with Crippen molar-refractivity contribution in [1.82, 2.24) is 25.7 Å². The van der Waals surface area contributed by atoms with E-state index in [1.807, 2.05) is 0 Å². The van der Waals surface area contributed by atoms with E-state index >= 15 is 0 Å². The SMILES string of the molecule is Cl.O=C(NCCn1ccc(C(F)(F)F)n1)C1CNCCN1. The van der Waals surface area contributed by atoms with Gasteiger partial charge < -0.3 is 16.0 Å². The molecule has 1 atom stereocenters. The molecule has 1 saturated heterocycles. The van der Waals surface area contributed by atoms with Crippen LogP contribution in [0.5, 0.6) is 0 Å². The summed E-state index contributed by atoms with van der Waals surface area (Å²) in [4.78, 5) is 11.7. The standard InChI is InChI=1S/C11H16F3N5O.ClH/c12-11(13,14)9-1-5-19(18-9)6-4-17-10(20)8-7-15-2-3-16-8;/h1,5,8,15-16H,2-4,6-7H2,(H,17,20);1H. The summed E-state index contributed by atoms with van der Waals surface area (Å²) in [6, 6.07) is 0.612. The lowest BCUT2D eigenvalue weighted by atomic mass is 10.2. The van der Waals surface area contributed by atoms with Crippen molar-refractivity contribution in [2.45, 2.75) is 18.8 Å². The lowest BCUT2D eigenvalue weighted by Gasteiger charge is -2.23. The molecule has 1 aromatic rings. The summed E-state index contributed by atoms with van der Waals surface area (Å²) >= 11 is 0. The molecule has 0 aromatic carbocycles. The number of hydrogen-bond donors (Lipinski definition) is 3. The van der Waals surface area contributed by atoms with Gasteiger partial charge in [-0.25, -0.2) is 0 Å². The van der Waals surface area contributed by atoms with Crippen LogP contribution in [0.1, 0.15) is 5.69 Å². The van der Waals surface area contributed by atoms with Gasteiger partial charge in [-0.1, -0.05) is 0 Å². The van der Waals surface area contributed by atoms with Gasteiger partial charge in [-0.15, -0.1) is 12.4 Å². The topological polar surface area (TPSA) is 71.0 Å². The van der Waals surface area contributed by atoms with Gasteiger partial charge in [0.1, 0.15) is 0 Å². The first-order valence-corrected chi connectivity index (χ1v) is 6.29. The molecule has 1 aliphatic heterocycles. The van der Waals surface area contributed by atoms with Crippen molar-refractivity contribution >= 4 is 18.3 Å². The third kappa shape index (κ3) is 5.18. The average Bonchev–Trinajstić information content (AvgIpc) is 2.88. The number of amides is 1. The van der Waals surface area contributed by atoms with E-state index in [0.717, 1.165) is 17.3 Å². The summed E-state index contributed by atoms with van der Waals surface area (Å²) in [5, 5.41) is 12.2. The molecular formula is C11H17ClF3N5O. The smallest absolute Gasteiger partial charge is 0.353 e. The molecule has 21 heavy (non-hydrogen) atoms. The van der Waals surface area contributed by atoms with Crippen LogP contribution in [0.25, 0.3) is 0 Å². The number of carbonyl (C=O) groups is 1. The third-order valence-electron chi connectivity index (χ3n) is 2.93. The first-order valence-electron chi connectivity index (χ1n) is 6.29. The van der Waals surface area contributed by atoms with Crippen LogP contribution in [0.2, 0.25) is 0 Å². The van der Waals surface area contributed by atoms with E-state index < -0.39 is 11.9 Å².